The van der Waals surface area contributed by atoms with Gasteiger partial charge in [-0.3, -0.25) is 4.79 Å². The Morgan fingerprint density at radius 1 is 1.38 bits per heavy atom. The van der Waals surface area contributed by atoms with Crippen molar-refractivity contribution in [2.45, 2.75) is 45.8 Å². The summed E-state index contributed by atoms with van der Waals surface area (Å²) < 4.78 is 5.30. The number of thiazole rings is 1. The summed E-state index contributed by atoms with van der Waals surface area (Å²) in [6, 6.07) is 3.59. The third-order valence-electron chi connectivity index (χ3n) is 3.70. The summed E-state index contributed by atoms with van der Waals surface area (Å²) in [6.45, 7) is 8.72. The Morgan fingerprint density at radius 3 is 2.57 bits per heavy atom. The van der Waals surface area contributed by atoms with Crippen LogP contribution in [0.25, 0.3) is 10.8 Å². The molecule has 0 saturated carbocycles. The van der Waals surface area contributed by atoms with E-state index in [9.17, 15) is 9.90 Å². The Morgan fingerprint density at radius 2 is 2.05 bits per heavy atom. The molecule has 0 unspecified atom stereocenters. The lowest BCUT2D eigenvalue weighted by molar-refractivity contribution is -0.00302. The molecule has 114 valence electrons. The predicted octanol–water partition coefficient (Wildman–Crippen LogP) is 2.99. The second-order valence-corrected chi connectivity index (χ2v) is 7.24. The zero-order chi connectivity index (χ0) is 15.8. The number of aryl methyl sites for hydroxylation is 1. The standard InChI is InChI=1S/C15H20N2O3S/c1-9-11(12(18)17-14(2,3)15(4,5)19)16-13(21-9)10-7-6-8-20-10/h6-8,19H,1-5H3,(H,17,18). The fourth-order valence-corrected chi connectivity index (χ4v) is 2.49. The number of aromatic nitrogens is 1. The summed E-state index contributed by atoms with van der Waals surface area (Å²) in [7, 11) is 0. The van der Waals surface area contributed by atoms with Gasteiger partial charge in [-0.2, -0.15) is 0 Å². The van der Waals surface area contributed by atoms with Crippen molar-refractivity contribution in [2.24, 2.45) is 0 Å². The van der Waals surface area contributed by atoms with Gasteiger partial charge in [0.2, 0.25) is 0 Å². The van der Waals surface area contributed by atoms with Crippen molar-refractivity contribution in [1.82, 2.24) is 10.3 Å². The molecule has 2 rings (SSSR count). The second kappa shape index (κ2) is 5.27. The van der Waals surface area contributed by atoms with Crippen LogP contribution in [0.15, 0.2) is 22.8 Å². The third kappa shape index (κ3) is 3.16. The van der Waals surface area contributed by atoms with E-state index in [1.807, 2.05) is 6.92 Å². The summed E-state index contributed by atoms with van der Waals surface area (Å²) in [5, 5.41) is 13.6. The van der Waals surface area contributed by atoms with Crippen LogP contribution in [0.5, 0.6) is 0 Å². The molecule has 0 aliphatic carbocycles. The molecular weight excluding hydrogens is 288 g/mol. The second-order valence-electron chi connectivity index (χ2n) is 6.04. The molecule has 0 saturated heterocycles. The molecule has 2 aromatic heterocycles. The lowest BCUT2D eigenvalue weighted by Gasteiger charge is -2.37. The number of carbonyl (C=O) groups excluding carboxylic acids is 1. The number of rotatable bonds is 4. The van der Waals surface area contributed by atoms with Gasteiger partial charge >= 0.3 is 0 Å². The van der Waals surface area contributed by atoms with E-state index in [4.69, 9.17) is 4.42 Å². The molecule has 0 aromatic carbocycles. The number of hydrogen-bond acceptors (Lipinski definition) is 5. The highest BCUT2D eigenvalue weighted by molar-refractivity contribution is 7.15. The van der Waals surface area contributed by atoms with E-state index in [1.54, 1.807) is 46.1 Å². The molecule has 0 spiro atoms. The van der Waals surface area contributed by atoms with Gasteiger partial charge in [0, 0.05) is 4.88 Å². The minimum atomic E-state index is -1.05. The van der Waals surface area contributed by atoms with Gasteiger partial charge in [-0.1, -0.05) is 0 Å². The maximum Gasteiger partial charge on any atom is 0.271 e. The van der Waals surface area contributed by atoms with Crippen molar-refractivity contribution >= 4 is 17.2 Å². The van der Waals surface area contributed by atoms with Gasteiger partial charge in [-0.05, 0) is 46.8 Å². The van der Waals surface area contributed by atoms with Gasteiger partial charge in [0.15, 0.2) is 10.8 Å². The molecule has 0 atom stereocenters. The highest BCUT2D eigenvalue weighted by atomic mass is 32.1. The molecule has 2 heterocycles. The number of aliphatic hydroxyl groups is 1. The largest absolute Gasteiger partial charge is 0.462 e. The molecule has 0 fully saturated rings. The Bertz CT molecular complexity index is 636. The van der Waals surface area contributed by atoms with E-state index in [0.29, 0.717) is 16.5 Å². The average Bonchev–Trinajstić information content (AvgIpc) is 2.94. The molecule has 1 amide bonds. The first-order valence-electron chi connectivity index (χ1n) is 6.68. The number of carbonyl (C=O) groups is 1. The SMILES string of the molecule is Cc1sc(-c2ccco2)nc1C(=O)NC(C)(C)C(C)(C)O. The fraction of sp³-hybridized carbons (Fsp3) is 0.467. The lowest BCUT2D eigenvalue weighted by atomic mass is 9.86. The van der Waals surface area contributed by atoms with E-state index in [-0.39, 0.29) is 5.91 Å². The molecule has 0 aliphatic heterocycles. The normalized spacial score (nSPS) is 12.5. The minimum absolute atomic E-state index is 0.298. The van der Waals surface area contributed by atoms with E-state index in [0.717, 1.165) is 4.88 Å². The van der Waals surface area contributed by atoms with Crippen LogP contribution < -0.4 is 5.32 Å². The van der Waals surface area contributed by atoms with Crippen LogP contribution in [0.4, 0.5) is 0 Å². The highest BCUT2D eigenvalue weighted by Gasteiger charge is 2.37. The van der Waals surface area contributed by atoms with Crippen molar-refractivity contribution < 1.29 is 14.3 Å². The zero-order valence-corrected chi connectivity index (χ0v) is 13.7. The number of furan rings is 1. The van der Waals surface area contributed by atoms with Crippen LogP contribution in [-0.4, -0.2) is 27.1 Å². The summed E-state index contributed by atoms with van der Waals surface area (Å²) in [5.74, 6) is 0.345. The van der Waals surface area contributed by atoms with E-state index in [1.165, 1.54) is 11.3 Å². The van der Waals surface area contributed by atoms with Crippen molar-refractivity contribution in [1.29, 1.82) is 0 Å². The van der Waals surface area contributed by atoms with E-state index < -0.39 is 11.1 Å². The van der Waals surface area contributed by atoms with Gasteiger partial charge in [-0.15, -0.1) is 11.3 Å². The van der Waals surface area contributed by atoms with Gasteiger partial charge in [0.1, 0.15) is 5.69 Å². The summed E-state index contributed by atoms with van der Waals surface area (Å²) in [5.41, 5.74) is -1.45. The van der Waals surface area contributed by atoms with Gasteiger partial charge in [0.05, 0.1) is 17.4 Å². The molecule has 21 heavy (non-hydrogen) atoms. The Balaban J connectivity index is 2.25. The molecular formula is C15H20N2O3S. The van der Waals surface area contributed by atoms with Crippen molar-refractivity contribution in [2.75, 3.05) is 0 Å². The molecule has 0 aliphatic rings. The molecule has 2 N–H and O–H groups in total. The Hall–Kier alpha value is -1.66. The number of amides is 1. The van der Waals surface area contributed by atoms with Gasteiger partial charge in [0.25, 0.3) is 5.91 Å². The van der Waals surface area contributed by atoms with Crippen LogP contribution in [0, 0.1) is 6.92 Å². The highest BCUT2D eigenvalue weighted by Crippen LogP contribution is 2.28. The predicted molar refractivity (Wildman–Crippen MR) is 82.4 cm³/mol. The average molecular weight is 308 g/mol. The number of nitrogens with zero attached hydrogens (tertiary/aromatic N) is 1. The molecule has 0 radical (unpaired) electrons. The lowest BCUT2D eigenvalue weighted by Crippen LogP contribution is -2.57. The summed E-state index contributed by atoms with van der Waals surface area (Å²) in [6.07, 6.45) is 1.57. The quantitative estimate of drug-likeness (QED) is 0.910. The van der Waals surface area contributed by atoms with E-state index >= 15 is 0 Å². The molecule has 5 nitrogen and oxygen atoms in total. The van der Waals surface area contributed by atoms with Crippen LogP contribution >= 0.6 is 11.3 Å². The van der Waals surface area contributed by atoms with Crippen LogP contribution in [0.1, 0.15) is 43.1 Å². The number of nitrogens with one attached hydrogen (secondary N) is 1. The minimum Gasteiger partial charge on any atom is -0.462 e. The van der Waals surface area contributed by atoms with Gasteiger partial charge in [-0.25, -0.2) is 4.98 Å². The molecule has 6 heteroatoms. The Labute approximate surface area is 128 Å². The van der Waals surface area contributed by atoms with Gasteiger partial charge < -0.3 is 14.8 Å². The van der Waals surface area contributed by atoms with Crippen molar-refractivity contribution in [3.63, 3.8) is 0 Å². The van der Waals surface area contributed by atoms with Crippen LogP contribution in [-0.2, 0) is 0 Å². The Kier molecular flexibility index (Phi) is 3.95. The smallest absolute Gasteiger partial charge is 0.271 e. The summed E-state index contributed by atoms with van der Waals surface area (Å²) in [4.78, 5) is 17.6. The van der Waals surface area contributed by atoms with Crippen LogP contribution in [0.3, 0.4) is 0 Å². The third-order valence-corrected chi connectivity index (χ3v) is 4.68. The topological polar surface area (TPSA) is 75.4 Å². The number of hydrogen-bond donors (Lipinski definition) is 2. The first-order chi connectivity index (χ1) is 9.62. The fourth-order valence-electron chi connectivity index (χ4n) is 1.61. The monoisotopic (exact) mass is 308 g/mol. The molecule has 0 bridgehead atoms. The van der Waals surface area contributed by atoms with Crippen molar-refractivity contribution in [3.8, 4) is 10.8 Å². The van der Waals surface area contributed by atoms with Crippen LogP contribution in [0.2, 0.25) is 0 Å². The summed E-state index contributed by atoms with van der Waals surface area (Å²) >= 11 is 1.41. The molecule has 2 aromatic rings. The maximum atomic E-state index is 12.4. The van der Waals surface area contributed by atoms with Crippen molar-refractivity contribution in [3.05, 3.63) is 29.0 Å². The van der Waals surface area contributed by atoms with E-state index in [2.05, 4.69) is 10.3 Å². The first kappa shape index (κ1) is 15.7. The zero-order valence-electron chi connectivity index (χ0n) is 12.9. The maximum absolute atomic E-state index is 12.4. The first-order valence-corrected chi connectivity index (χ1v) is 7.49.